The zero-order valence-electron chi connectivity index (χ0n) is 14.6. The lowest BCUT2D eigenvalue weighted by molar-refractivity contribution is 0.433. The lowest BCUT2D eigenvalue weighted by Crippen LogP contribution is -2.32. The Labute approximate surface area is 166 Å². The number of aryl methyl sites for hydroxylation is 1. The molecule has 142 valence electrons. The lowest BCUT2D eigenvalue weighted by Gasteiger charge is -2.11. The van der Waals surface area contributed by atoms with Crippen molar-refractivity contribution in [3.63, 3.8) is 0 Å². The number of sulfonamides is 1. The molecule has 3 aromatic rings. The number of rotatable bonds is 5. The molecule has 6 nitrogen and oxygen atoms in total. The van der Waals surface area contributed by atoms with Crippen molar-refractivity contribution in [3.05, 3.63) is 40.2 Å². The number of thiophene rings is 1. The van der Waals surface area contributed by atoms with Crippen LogP contribution in [0.25, 0.3) is 22.2 Å². The number of hydrogen-bond acceptors (Lipinski definition) is 6. The van der Waals surface area contributed by atoms with Crippen molar-refractivity contribution in [3.8, 4) is 22.2 Å². The van der Waals surface area contributed by atoms with Gasteiger partial charge in [0.05, 0.1) is 9.77 Å². The van der Waals surface area contributed by atoms with Crippen LogP contribution in [-0.2, 0) is 10.0 Å². The minimum absolute atomic E-state index is 0.0256. The van der Waals surface area contributed by atoms with E-state index >= 15 is 0 Å². The van der Waals surface area contributed by atoms with Crippen molar-refractivity contribution in [1.29, 1.82) is 0 Å². The van der Waals surface area contributed by atoms with Gasteiger partial charge in [-0.15, -0.1) is 11.3 Å². The second-order valence-electron chi connectivity index (χ2n) is 6.56. The van der Waals surface area contributed by atoms with Crippen LogP contribution in [0.4, 0.5) is 0 Å². The van der Waals surface area contributed by atoms with Crippen LogP contribution in [0.3, 0.4) is 0 Å². The summed E-state index contributed by atoms with van der Waals surface area (Å²) in [6.07, 6.45) is 3.92. The van der Waals surface area contributed by atoms with Gasteiger partial charge in [0.15, 0.2) is 0 Å². The van der Waals surface area contributed by atoms with Crippen LogP contribution >= 0.6 is 22.9 Å². The molecular formula is C18H18ClN3O3S2. The van der Waals surface area contributed by atoms with Gasteiger partial charge < -0.3 is 4.52 Å². The molecule has 2 aromatic heterocycles. The standard InChI is InChI=1S/C18H18ClN3O3S2/c1-11-16(27(23,24)22-14-4-2-3-5-14)10-15(26-11)18-20-17(21-25-18)12-6-8-13(19)9-7-12/h6-10,14,22H,2-5H2,1H3. The molecule has 0 bridgehead atoms. The summed E-state index contributed by atoms with van der Waals surface area (Å²) in [6, 6.07) is 8.74. The Morgan fingerprint density at radius 3 is 2.63 bits per heavy atom. The van der Waals surface area contributed by atoms with E-state index in [1.54, 1.807) is 37.3 Å². The Kier molecular flexibility index (Phi) is 5.07. The molecule has 0 atom stereocenters. The Morgan fingerprint density at radius 1 is 1.22 bits per heavy atom. The summed E-state index contributed by atoms with van der Waals surface area (Å²) in [5.74, 6) is 0.733. The largest absolute Gasteiger partial charge is 0.333 e. The smallest absolute Gasteiger partial charge is 0.268 e. The van der Waals surface area contributed by atoms with Crippen LogP contribution in [0, 0.1) is 6.92 Å². The monoisotopic (exact) mass is 423 g/mol. The average molecular weight is 424 g/mol. The van der Waals surface area contributed by atoms with E-state index in [4.69, 9.17) is 16.1 Å². The molecule has 0 aliphatic heterocycles. The minimum Gasteiger partial charge on any atom is -0.333 e. The molecule has 2 heterocycles. The molecule has 1 N–H and O–H groups in total. The second kappa shape index (κ2) is 7.35. The maximum atomic E-state index is 12.7. The number of hydrogen-bond donors (Lipinski definition) is 1. The number of aromatic nitrogens is 2. The molecule has 1 aliphatic rings. The van der Waals surface area contributed by atoms with Crippen molar-refractivity contribution >= 4 is 33.0 Å². The van der Waals surface area contributed by atoms with Crippen molar-refractivity contribution in [2.45, 2.75) is 43.5 Å². The Morgan fingerprint density at radius 2 is 1.93 bits per heavy atom. The highest BCUT2D eigenvalue weighted by atomic mass is 35.5. The molecule has 1 fully saturated rings. The van der Waals surface area contributed by atoms with E-state index in [9.17, 15) is 8.42 Å². The number of benzene rings is 1. The summed E-state index contributed by atoms with van der Waals surface area (Å²) in [7, 11) is -3.56. The minimum atomic E-state index is -3.56. The summed E-state index contributed by atoms with van der Waals surface area (Å²) in [5, 5.41) is 4.62. The van der Waals surface area contributed by atoms with Crippen molar-refractivity contribution in [1.82, 2.24) is 14.9 Å². The van der Waals surface area contributed by atoms with Crippen LogP contribution < -0.4 is 4.72 Å². The maximum Gasteiger partial charge on any atom is 0.268 e. The van der Waals surface area contributed by atoms with Crippen LogP contribution in [0.2, 0.25) is 5.02 Å². The van der Waals surface area contributed by atoms with Gasteiger partial charge in [-0.2, -0.15) is 4.98 Å². The van der Waals surface area contributed by atoms with Gasteiger partial charge in [0.1, 0.15) is 0 Å². The van der Waals surface area contributed by atoms with E-state index in [0.717, 1.165) is 31.2 Å². The Hall–Kier alpha value is -1.74. The molecule has 0 radical (unpaired) electrons. The molecule has 1 aliphatic carbocycles. The number of halogens is 1. The van der Waals surface area contributed by atoms with Gasteiger partial charge in [-0.05, 0) is 50.1 Å². The SMILES string of the molecule is Cc1sc(-c2nc(-c3ccc(Cl)cc3)no2)cc1S(=O)(=O)NC1CCCC1. The first kappa shape index (κ1) is 18.6. The van der Waals surface area contributed by atoms with Crippen LogP contribution in [0.5, 0.6) is 0 Å². The van der Waals surface area contributed by atoms with Gasteiger partial charge in [0.2, 0.25) is 15.8 Å². The highest BCUT2D eigenvalue weighted by Gasteiger charge is 2.27. The van der Waals surface area contributed by atoms with Gasteiger partial charge in [-0.1, -0.05) is 29.6 Å². The van der Waals surface area contributed by atoms with Gasteiger partial charge in [0, 0.05) is 21.5 Å². The molecule has 1 aromatic carbocycles. The molecular weight excluding hydrogens is 406 g/mol. The summed E-state index contributed by atoms with van der Waals surface area (Å²) in [6.45, 7) is 1.79. The summed E-state index contributed by atoms with van der Waals surface area (Å²) < 4.78 is 33.6. The highest BCUT2D eigenvalue weighted by molar-refractivity contribution is 7.89. The first-order chi connectivity index (χ1) is 12.9. The zero-order chi connectivity index (χ0) is 19.0. The predicted octanol–water partition coefficient (Wildman–Crippen LogP) is 4.65. The topological polar surface area (TPSA) is 85.1 Å². The van der Waals surface area contributed by atoms with Gasteiger partial charge in [0.25, 0.3) is 5.89 Å². The molecule has 0 saturated heterocycles. The fourth-order valence-electron chi connectivity index (χ4n) is 3.20. The van der Waals surface area contributed by atoms with Crippen LogP contribution in [0.1, 0.15) is 30.6 Å². The van der Waals surface area contributed by atoms with E-state index in [2.05, 4.69) is 14.9 Å². The number of nitrogens with zero attached hydrogens (tertiary/aromatic N) is 2. The van der Waals surface area contributed by atoms with E-state index in [1.165, 1.54) is 11.3 Å². The molecule has 0 spiro atoms. The van der Waals surface area contributed by atoms with E-state index in [1.807, 2.05) is 0 Å². The van der Waals surface area contributed by atoms with Gasteiger partial charge in [-0.3, -0.25) is 0 Å². The Bertz CT molecular complexity index is 1050. The van der Waals surface area contributed by atoms with E-state index in [-0.39, 0.29) is 10.9 Å². The zero-order valence-corrected chi connectivity index (χ0v) is 17.0. The highest BCUT2D eigenvalue weighted by Crippen LogP contribution is 2.34. The quantitative estimate of drug-likeness (QED) is 0.645. The second-order valence-corrected chi connectivity index (χ2v) is 9.94. The predicted molar refractivity (Wildman–Crippen MR) is 105 cm³/mol. The fourth-order valence-corrected chi connectivity index (χ4v) is 6.15. The lowest BCUT2D eigenvalue weighted by atomic mass is 10.2. The van der Waals surface area contributed by atoms with E-state index in [0.29, 0.717) is 26.5 Å². The first-order valence-electron chi connectivity index (χ1n) is 8.65. The molecule has 27 heavy (non-hydrogen) atoms. The third kappa shape index (κ3) is 3.94. The van der Waals surface area contributed by atoms with Crippen molar-refractivity contribution in [2.75, 3.05) is 0 Å². The Balaban J connectivity index is 1.60. The van der Waals surface area contributed by atoms with Crippen molar-refractivity contribution < 1.29 is 12.9 Å². The van der Waals surface area contributed by atoms with Crippen molar-refractivity contribution in [2.24, 2.45) is 0 Å². The third-order valence-electron chi connectivity index (χ3n) is 4.58. The molecule has 0 unspecified atom stereocenters. The molecule has 0 amide bonds. The summed E-state index contributed by atoms with van der Waals surface area (Å²) in [5.41, 5.74) is 0.776. The van der Waals surface area contributed by atoms with E-state index < -0.39 is 10.0 Å². The fraction of sp³-hybridized carbons (Fsp3) is 0.333. The maximum absolute atomic E-state index is 12.7. The van der Waals surface area contributed by atoms with Crippen LogP contribution in [-0.4, -0.2) is 24.6 Å². The third-order valence-corrected chi connectivity index (χ3v) is 7.64. The normalized spacial score (nSPS) is 15.5. The van der Waals surface area contributed by atoms with Crippen LogP contribution in [0.15, 0.2) is 39.8 Å². The average Bonchev–Trinajstić information content (AvgIpc) is 3.35. The summed E-state index contributed by atoms with van der Waals surface area (Å²) >= 11 is 7.23. The van der Waals surface area contributed by atoms with Gasteiger partial charge in [-0.25, -0.2) is 13.1 Å². The molecule has 1 saturated carbocycles. The molecule has 9 heteroatoms. The summed E-state index contributed by atoms with van der Waals surface area (Å²) in [4.78, 5) is 6.00. The first-order valence-corrected chi connectivity index (χ1v) is 11.3. The van der Waals surface area contributed by atoms with Gasteiger partial charge >= 0.3 is 0 Å². The number of nitrogens with one attached hydrogen (secondary N) is 1. The molecule has 4 rings (SSSR count).